The van der Waals surface area contributed by atoms with Crippen molar-refractivity contribution in [1.29, 1.82) is 0 Å². The molecule has 0 aromatic carbocycles. The van der Waals surface area contributed by atoms with Crippen molar-refractivity contribution in [3.05, 3.63) is 12.4 Å². The predicted octanol–water partition coefficient (Wildman–Crippen LogP) is 1.53. The van der Waals surface area contributed by atoms with E-state index < -0.39 is 0 Å². The van der Waals surface area contributed by atoms with Gasteiger partial charge in [-0.25, -0.2) is 4.98 Å². The Morgan fingerprint density at radius 2 is 2.58 bits per heavy atom. The molecule has 12 heavy (non-hydrogen) atoms. The van der Waals surface area contributed by atoms with E-state index in [1.165, 1.54) is 24.3 Å². The number of nitrogens with zero attached hydrogens (tertiary/aromatic N) is 2. The third-order valence-corrected chi connectivity index (χ3v) is 3.43. The van der Waals surface area contributed by atoms with E-state index in [9.17, 15) is 0 Å². The molecule has 1 fully saturated rings. The molecule has 66 valence electrons. The first-order valence-corrected chi connectivity index (χ1v) is 5.39. The smallest absolute Gasteiger partial charge is 0.200 e. The number of hydrogen-bond acceptors (Lipinski definition) is 3. The number of hydrogen-bond donors (Lipinski definition) is 1. The van der Waals surface area contributed by atoms with Crippen LogP contribution in [-0.4, -0.2) is 21.1 Å². The van der Waals surface area contributed by atoms with E-state index in [0.717, 1.165) is 0 Å². The lowest BCUT2D eigenvalue weighted by atomic mass is 10.2. The van der Waals surface area contributed by atoms with Crippen LogP contribution in [0.25, 0.3) is 0 Å². The molecule has 0 amide bonds. The molecule has 2 N–H and O–H groups in total. The van der Waals surface area contributed by atoms with Gasteiger partial charge < -0.3 is 10.3 Å². The van der Waals surface area contributed by atoms with Crippen LogP contribution in [0.1, 0.15) is 18.9 Å². The van der Waals surface area contributed by atoms with Crippen molar-refractivity contribution in [2.45, 2.75) is 18.9 Å². The summed E-state index contributed by atoms with van der Waals surface area (Å²) in [7, 11) is 0. The maximum Gasteiger partial charge on any atom is 0.200 e. The molecule has 0 saturated carbocycles. The summed E-state index contributed by atoms with van der Waals surface area (Å²) in [6, 6.07) is 0.575. The van der Waals surface area contributed by atoms with Crippen LogP contribution in [0.3, 0.4) is 0 Å². The summed E-state index contributed by atoms with van der Waals surface area (Å²) in [5.41, 5.74) is 5.71. The number of nitrogen functional groups attached to an aromatic ring is 1. The van der Waals surface area contributed by atoms with Gasteiger partial charge in [0.15, 0.2) is 5.95 Å². The summed E-state index contributed by atoms with van der Waals surface area (Å²) < 4.78 is 2.09. The van der Waals surface area contributed by atoms with Gasteiger partial charge in [0.05, 0.1) is 0 Å². The van der Waals surface area contributed by atoms with Crippen LogP contribution in [0, 0.1) is 0 Å². The van der Waals surface area contributed by atoms with Crippen LogP contribution in [-0.2, 0) is 0 Å². The van der Waals surface area contributed by atoms with Crippen molar-refractivity contribution in [1.82, 2.24) is 9.55 Å². The molecule has 0 radical (unpaired) electrons. The molecule has 0 bridgehead atoms. The SMILES string of the molecule is Nc1nccn1C1CCCSC1. The number of aromatic nitrogens is 2. The molecule has 2 rings (SSSR count). The molecular weight excluding hydrogens is 170 g/mol. The molecular formula is C8H13N3S. The predicted molar refractivity (Wildman–Crippen MR) is 52.2 cm³/mol. The molecule has 4 heteroatoms. The standard InChI is InChI=1S/C8H13N3S/c9-8-10-3-4-11(8)7-2-1-5-12-6-7/h3-4,7H,1-2,5-6H2,(H2,9,10). The number of nitrogens with two attached hydrogens (primary N) is 1. The molecule has 1 aliphatic heterocycles. The van der Waals surface area contributed by atoms with Gasteiger partial charge in [-0.05, 0) is 18.6 Å². The topological polar surface area (TPSA) is 43.8 Å². The van der Waals surface area contributed by atoms with Crippen molar-refractivity contribution in [2.75, 3.05) is 17.2 Å². The fourth-order valence-electron chi connectivity index (χ4n) is 1.58. The van der Waals surface area contributed by atoms with Gasteiger partial charge in [0.25, 0.3) is 0 Å². The summed E-state index contributed by atoms with van der Waals surface area (Å²) in [6.07, 6.45) is 6.29. The fourth-order valence-corrected chi connectivity index (χ4v) is 2.71. The Hall–Kier alpha value is -0.640. The Labute approximate surface area is 76.4 Å². The highest BCUT2D eigenvalue weighted by Crippen LogP contribution is 2.27. The number of rotatable bonds is 1. The Morgan fingerprint density at radius 1 is 1.67 bits per heavy atom. The van der Waals surface area contributed by atoms with E-state index in [1.807, 2.05) is 18.0 Å². The minimum absolute atomic E-state index is 0.575. The van der Waals surface area contributed by atoms with Crippen LogP contribution < -0.4 is 5.73 Å². The van der Waals surface area contributed by atoms with Gasteiger partial charge in [-0.3, -0.25) is 0 Å². The van der Waals surface area contributed by atoms with Crippen molar-refractivity contribution in [3.8, 4) is 0 Å². The Balaban J connectivity index is 2.13. The lowest BCUT2D eigenvalue weighted by Crippen LogP contribution is -2.17. The van der Waals surface area contributed by atoms with Gasteiger partial charge in [0.1, 0.15) is 0 Å². The van der Waals surface area contributed by atoms with Crippen LogP contribution in [0.2, 0.25) is 0 Å². The molecule has 3 nitrogen and oxygen atoms in total. The lowest BCUT2D eigenvalue weighted by molar-refractivity contribution is 0.505. The molecule has 0 aliphatic carbocycles. The normalized spacial score (nSPS) is 24.2. The van der Waals surface area contributed by atoms with Crippen LogP contribution in [0.5, 0.6) is 0 Å². The van der Waals surface area contributed by atoms with Gasteiger partial charge in [-0.2, -0.15) is 11.8 Å². The molecule has 1 aromatic heterocycles. The van der Waals surface area contributed by atoms with Gasteiger partial charge in [0, 0.05) is 24.2 Å². The van der Waals surface area contributed by atoms with Crippen molar-refractivity contribution < 1.29 is 0 Å². The van der Waals surface area contributed by atoms with E-state index in [1.54, 1.807) is 6.20 Å². The van der Waals surface area contributed by atoms with E-state index >= 15 is 0 Å². The quantitative estimate of drug-likeness (QED) is 0.718. The molecule has 0 spiro atoms. The lowest BCUT2D eigenvalue weighted by Gasteiger charge is -2.23. The Kier molecular flexibility index (Phi) is 2.26. The van der Waals surface area contributed by atoms with Crippen molar-refractivity contribution in [2.24, 2.45) is 0 Å². The third kappa shape index (κ3) is 1.43. The molecule has 1 aliphatic rings. The molecule has 1 saturated heterocycles. The van der Waals surface area contributed by atoms with Gasteiger partial charge >= 0.3 is 0 Å². The largest absolute Gasteiger partial charge is 0.369 e. The van der Waals surface area contributed by atoms with Crippen LogP contribution in [0.4, 0.5) is 5.95 Å². The first-order valence-electron chi connectivity index (χ1n) is 4.24. The zero-order valence-corrected chi connectivity index (χ0v) is 7.76. The zero-order valence-electron chi connectivity index (χ0n) is 6.94. The van der Waals surface area contributed by atoms with E-state index in [4.69, 9.17) is 5.73 Å². The molecule has 1 aromatic rings. The van der Waals surface area contributed by atoms with E-state index in [-0.39, 0.29) is 0 Å². The minimum atomic E-state index is 0.575. The van der Waals surface area contributed by atoms with Gasteiger partial charge in [-0.15, -0.1) is 0 Å². The highest BCUT2D eigenvalue weighted by atomic mass is 32.2. The second-order valence-corrected chi connectivity index (χ2v) is 4.21. The van der Waals surface area contributed by atoms with Gasteiger partial charge in [-0.1, -0.05) is 0 Å². The maximum absolute atomic E-state index is 5.71. The molecule has 1 atom stereocenters. The number of anilines is 1. The summed E-state index contributed by atoms with van der Waals surface area (Å²) in [5, 5.41) is 0. The average molecular weight is 183 g/mol. The monoisotopic (exact) mass is 183 g/mol. The molecule has 2 heterocycles. The second kappa shape index (κ2) is 3.39. The molecule has 1 unspecified atom stereocenters. The van der Waals surface area contributed by atoms with Gasteiger partial charge in [0.2, 0.25) is 0 Å². The summed E-state index contributed by atoms with van der Waals surface area (Å²) in [5.74, 6) is 3.13. The Morgan fingerprint density at radius 3 is 3.17 bits per heavy atom. The minimum Gasteiger partial charge on any atom is -0.369 e. The van der Waals surface area contributed by atoms with Crippen LogP contribution >= 0.6 is 11.8 Å². The number of thioether (sulfide) groups is 1. The highest BCUT2D eigenvalue weighted by Gasteiger charge is 2.16. The van der Waals surface area contributed by atoms with E-state index in [2.05, 4.69) is 9.55 Å². The van der Waals surface area contributed by atoms with E-state index in [0.29, 0.717) is 12.0 Å². The number of imidazole rings is 1. The van der Waals surface area contributed by atoms with Crippen molar-refractivity contribution in [3.63, 3.8) is 0 Å². The maximum atomic E-state index is 5.71. The van der Waals surface area contributed by atoms with Crippen LogP contribution in [0.15, 0.2) is 12.4 Å². The highest BCUT2D eigenvalue weighted by molar-refractivity contribution is 7.99. The third-order valence-electron chi connectivity index (χ3n) is 2.23. The summed E-state index contributed by atoms with van der Waals surface area (Å²) >= 11 is 2.01. The van der Waals surface area contributed by atoms with Crippen molar-refractivity contribution >= 4 is 17.7 Å². The first kappa shape index (κ1) is 7.98. The fraction of sp³-hybridized carbons (Fsp3) is 0.625. The summed E-state index contributed by atoms with van der Waals surface area (Å²) in [6.45, 7) is 0. The second-order valence-electron chi connectivity index (χ2n) is 3.06. The first-order chi connectivity index (χ1) is 5.88. The average Bonchev–Trinajstić information content (AvgIpc) is 2.53. The Bertz CT molecular complexity index is 253. The summed E-state index contributed by atoms with van der Waals surface area (Å²) in [4.78, 5) is 4.02. The zero-order chi connectivity index (χ0) is 8.39.